The Bertz CT molecular complexity index is 1460. The summed E-state index contributed by atoms with van der Waals surface area (Å²) in [5.74, 6) is 2.56. The zero-order valence-corrected chi connectivity index (χ0v) is 21.2. The maximum absolute atomic E-state index is 13.0. The number of benzene rings is 3. The van der Waals surface area contributed by atoms with Gasteiger partial charge in [0.1, 0.15) is 11.5 Å². The highest BCUT2D eigenvalue weighted by atomic mass is 32.1. The summed E-state index contributed by atoms with van der Waals surface area (Å²) in [6.07, 6.45) is 3.55. The van der Waals surface area contributed by atoms with Crippen LogP contribution in [-0.4, -0.2) is 20.0 Å². The third-order valence-electron chi connectivity index (χ3n) is 6.34. The molecule has 0 amide bonds. The largest absolute Gasteiger partial charge is 0.493 e. The number of para-hydroxylation sites is 1. The Balaban J connectivity index is 1.74. The summed E-state index contributed by atoms with van der Waals surface area (Å²) in [5.41, 5.74) is 5.12. The Hall–Kier alpha value is -4.09. The number of hydrogen-bond acceptors (Lipinski definition) is 5. The molecule has 1 atom stereocenters. The zero-order valence-electron chi connectivity index (χ0n) is 20.4. The summed E-state index contributed by atoms with van der Waals surface area (Å²) in [7, 11) is 3.23. The molecule has 0 spiro atoms. The van der Waals surface area contributed by atoms with Crippen LogP contribution < -0.4 is 14.2 Å². The second-order valence-corrected chi connectivity index (χ2v) is 9.41. The van der Waals surface area contributed by atoms with Gasteiger partial charge in [-0.05, 0) is 59.8 Å². The number of thiophene rings is 1. The summed E-state index contributed by atoms with van der Waals surface area (Å²) in [4.78, 5) is 13.7. The van der Waals surface area contributed by atoms with Crippen molar-refractivity contribution in [1.82, 2.24) is 0 Å². The third kappa shape index (κ3) is 4.45. The molecule has 0 unspecified atom stereocenters. The molecule has 0 bridgehead atoms. The Labute approximate surface area is 215 Å². The molecule has 4 aromatic rings. The van der Waals surface area contributed by atoms with Crippen molar-refractivity contribution in [3.05, 3.63) is 129 Å². The molecule has 0 N–H and O–H groups in total. The number of fused-ring (bicyclic) bond motifs is 1. The second-order valence-electron chi connectivity index (χ2n) is 8.46. The number of carbonyl (C=O) groups excluding carboxylic acids is 1. The first kappa shape index (κ1) is 23.6. The van der Waals surface area contributed by atoms with Crippen LogP contribution in [0.1, 0.15) is 37.8 Å². The lowest BCUT2D eigenvalue weighted by molar-refractivity contribution is 0.105. The topological polar surface area (TPSA) is 44.8 Å². The van der Waals surface area contributed by atoms with Gasteiger partial charge in [0.2, 0.25) is 0 Å². The molecule has 1 aliphatic heterocycles. The minimum atomic E-state index is -0.119. The van der Waals surface area contributed by atoms with Crippen LogP contribution in [0.15, 0.2) is 102 Å². The van der Waals surface area contributed by atoms with E-state index >= 15 is 0 Å². The van der Waals surface area contributed by atoms with Crippen LogP contribution in [-0.2, 0) is 0 Å². The average molecular weight is 495 g/mol. The predicted octanol–water partition coefficient (Wildman–Crippen LogP) is 7.45. The molecule has 5 rings (SSSR count). The fourth-order valence-corrected chi connectivity index (χ4v) is 5.21. The molecule has 1 aliphatic rings. The molecule has 5 heteroatoms. The van der Waals surface area contributed by atoms with E-state index in [9.17, 15) is 4.79 Å². The summed E-state index contributed by atoms with van der Waals surface area (Å²) >= 11 is 1.43. The van der Waals surface area contributed by atoms with Crippen LogP contribution in [0.2, 0.25) is 0 Å². The molecule has 0 fully saturated rings. The van der Waals surface area contributed by atoms with Crippen molar-refractivity contribution in [3.8, 4) is 17.2 Å². The van der Waals surface area contributed by atoms with E-state index in [1.807, 2.05) is 66.1 Å². The van der Waals surface area contributed by atoms with Crippen LogP contribution in [0.25, 0.3) is 5.76 Å². The first-order valence-electron chi connectivity index (χ1n) is 11.7. The van der Waals surface area contributed by atoms with E-state index in [2.05, 4.69) is 31.2 Å². The fourth-order valence-electron chi connectivity index (χ4n) is 4.57. The standard InChI is InChI=1S/C31H26O4S/c1-20-9-4-5-10-22(20)30-23-11-6-7-12-26(23)35-31(21-14-17-27(33-2)28(19-21)34-3)24(30)15-16-25(32)29-13-8-18-36-29/h4-19,30H,1-3H3/b16-15+/t30-/m0/s1. The Morgan fingerprint density at radius 3 is 2.36 bits per heavy atom. The highest BCUT2D eigenvalue weighted by Gasteiger charge is 2.31. The minimum absolute atomic E-state index is 0.0356. The molecule has 4 nitrogen and oxygen atoms in total. The van der Waals surface area contributed by atoms with Crippen molar-refractivity contribution in [3.63, 3.8) is 0 Å². The minimum Gasteiger partial charge on any atom is -0.493 e. The number of carbonyl (C=O) groups is 1. The van der Waals surface area contributed by atoms with Crippen molar-refractivity contribution in [2.24, 2.45) is 0 Å². The maximum atomic E-state index is 13.0. The first-order valence-corrected chi connectivity index (χ1v) is 12.5. The number of allylic oxidation sites excluding steroid dienone is 3. The van der Waals surface area contributed by atoms with Crippen molar-refractivity contribution in [2.45, 2.75) is 12.8 Å². The first-order chi connectivity index (χ1) is 17.6. The van der Waals surface area contributed by atoms with Gasteiger partial charge < -0.3 is 14.2 Å². The zero-order chi connectivity index (χ0) is 25.1. The molecule has 1 aromatic heterocycles. The number of ketones is 1. The van der Waals surface area contributed by atoms with Gasteiger partial charge in [0.05, 0.1) is 19.1 Å². The second kappa shape index (κ2) is 10.3. The van der Waals surface area contributed by atoms with Crippen LogP contribution in [0, 0.1) is 6.92 Å². The van der Waals surface area contributed by atoms with Gasteiger partial charge in [-0.3, -0.25) is 4.79 Å². The van der Waals surface area contributed by atoms with Crippen molar-refractivity contribution in [2.75, 3.05) is 14.2 Å². The van der Waals surface area contributed by atoms with E-state index in [1.165, 1.54) is 16.9 Å². The summed E-state index contributed by atoms with van der Waals surface area (Å²) < 4.78 is 17.6. The molecule has 0 saturated carbocycles. The highest BCUT2D eigenvalue weighted by molar-refractivity contribution is 7.12. The van der Waals surface area contributed by atoms with Crippen LogP contribution in [0.5, 0.6) is 17.2 Å². The van der Waals surface area contributed by atoms with E-state index in [1.54, 1.807) is 20.3 Å². The van der Waals surface area contributed by atoms with Gasteiger partial charge in [-0.25, -0.2) is 0 Å². The van der Waals surface area contributed by atoms with Gasteiger partial charge in [-0.2, -0.15) is 0 Å². The van der Waals surface area contributed by atoms with Gasteiger partial charge >= 0.3 is 0 Å². The molecule has 0 radical (unpaired) electrons. The number of aryl methyl sites for hydroxylation is 1. The number of rotatable bonds is 7. The molecule has 180 valence electrons. The highest BCUT2D eigenvalue weighted by Crippen LogP contribution is 2.47. The van der Waals surface area contributed by atoms with Crippen molar-refractivity contribution >= 4 is 22.9 Å². The number of hydrogen-bond donors (Lipinski definition) is 0. The summed E-state index contributed by atoms with van der Waals surface area (Å²) in [6, 6.07) is 25.9. The molecule has 0 saturated heterocycles. The monoisotopic (exact) mass is 494 g/mol. The lowest BCUT2D eigenvalue weighted by Gasteiger charge is -2.31. The SMILES string of the molecule is COc1ccc(C2=C(/C=C/C(=O)c3cccs3)[C@@H](c3ccccc3C)c3ccccc3O2)cc1OC. The lowest BCUT2D eigenvalue weighted by atomic mass is 9.79. The molecule has 0 aliphatic carbocycles. The van der Waals surface area contributed by atoms with E-state index in [0.717, 1.165) is 28.0 Å². The van der Waals surface area contributed by atoms with Gasteiger partial charge in [0.15, 0.2) is 17.3 Å². The van der Waals surface area contributed by atoms with E-state index in [0.29, 0.717) is 22.1 Å². The molecule has 2 heterocycles. The lowest BCUT2D eigenvalue weighted by Crippen LogP contribution is -2.16. The van der Waals surface area contributed by atoms with E-state index < -0.39 is 0 Å². The summed E-state index contributed by atoms with van der Waals surface area (Å²) in [5, 5.41) is 1.91. The smallest absolute Gasteiger partial charge is 0.195 e. The van der Waals surface area contributed by atoms with E-state index in [4.69, 9.17) is 14.2 Å². The van der Waals surface area contributed by atoms with Gasteiger partial charge in [0, 0.05) is 22.6 Å². The Morgan fingerprint density at radius 2 is 1.64 bits per heavy atom. The van der Waals surface area contributed by atoms with Crippen LogP contribution >= 0.6 is 11.3 Å². The van der Waals surface area contributed by atoms with Gasteiger partial charge in [-0.15, -0.1) is 11.3 Å². The van der Waals surface area contributed by atoms with E-state index in [-0.39, 0.29) is 11.7 Å². The Kier molecular flexibility index (Phi) is 6.74. The third-order valence-corrected chi connectivity index (χ3v) is 7.22. The normalized spacial score (nSPS) is 14.9. The molecule has 3 aromatic carbocycles. The number of ether oxygens (including phenoxy) is 3. The molecular weight excluding hydrogens is 468 g/mol. The van der Waals surface area contributed by atoms with Crippen LogP contribution in [0.3, 0.4) is 0 Å². The van der Waals surface area contributed by atoms with Crippen LogP contribution in [0.4, 0.5) is 0 Å². The maximum Gasteiger partial charge on any atom is 0.195 e. The van der Waals surface area contributed by atoms with Crippen molar-refractivity contribution in [1.29, 1.82) is 0 Å². The predicted molar refractivity (Wildman–Crippen MR) is 144 cm³/mol. The van der Waals surface area contributed by atoms with Crippen molar-refractivity contribution < 1.29 is 19.0 Å². The van der Waals surface area contributed by atoms with Gasteiger partial charge in [0.25, 0.3) is 0 Å². The molecular formula is C31H26O4S. The Morgan fingerprint density at radius 1 is 0.889 bits per heavy atom. The average Bonchev–Trinajstić information content (AvgIpc) is 3.46. The summed E-state index contributed by atoms with van der Waals surface area (Å²) in [6.45, 7) is 2.11. The molecule has 36 heavy (non-hydrogen) atoms. The quantitative estimate of drug-likeness (QED) is 0.198. The fraction of sp³-hybridized carbons (Fsp3) is 0.129. The number of methoxy groups -OCH3 is 2. The van der Waals surface area contributed by atoms with Gasteiger partial charge in [-0.1, -0.05) is 54.6 Å².